The van der Waals surface area contributed by atoms with Gasteiger partial charge in [-0.2, -0.15) is 0 Å². The van der Waals surface area contributed by atoms with Crippen molar-refractivity contribution < 1.29 is 14.7 Å². The van der Waals surface area contributed by atoms with E-state index in [9.17, 15) is 14.7 Å². The first-order valence-corrected chi connectivity index (χ1v) is 8.95. The third kappa shape index (κ3) is 1.39. The maximum atomic E-state index is 13.5. The van der Waals surface area contributed by atoms with Crippen molar-refractivity contribution in [1.29, 1.82) is 0 Å². The van der Waals surface area contributed by atoms with Gasteiger partial charge in [0.15, 0.2) is 11.5 Å². The van der Waals surface area contributed by atoms with Crippen molar-refractivity contribution in [1.82, 2.24) is 0 Å². The van der Waals surface area contributed by atoms with Gasteiger partial charge in [-0.1, -0.05) is 25.5 Å². The number of carbonyl (C=O) groups excluding carboxylic acids is 2. The van der Waals surface area contributed by atoms with Crippen LogP contribution in [0.1, 0.15) is 53.4 Å². The zero-order chi connectivity index (χ0) is 16.7. The molecule has 0 amide bonds. The average molecular weight is 314 g/mol. The van der Waals surface area contributed by atoms with Gasteiger partial charge >= 0.3 is 0 Å². The highest BCUT2D eigenvalue weighted by Crippen LogP contribution is 2.73. The average Bonchev–Trinajstić information content (AvgIpc) is 2.79. The Morgan fingerprint density at radius 2 is 1.83 bits per heavy atom. The molecule has 0 aromatic carbocycles. The number of allylic oxidation sites excluding steroid dienone is 4. The molecule has 23 heavy (non-hydrogen) atoms. The van der Waals surface area contributed by atoms with E-state index in [1.807, 2.05) is 0 Å². The summed E-state index contributed by atoms with van der Waals surface area (Å²) in [5.74, 6) is 0.662. The summed E-state index contributed by atoms with van der Waals surface area (Å²) in [4.78, 5) is 26.9. The molecule has 0 radical (unpaired) electrons. The Morgan fingerprint density at radius 1 is 1.13 bits per heavy atom. The van der Waals surface area contributed by atoms with Crippen LogP contribution in [-0.2, 0) is 9.59 Å². The summed E-state index contributed by atoms with van der Waals surface area (Å²) in [5.41, 5.74) is 0.194. The molecule has 1 spiro atoms. The minimum absolute atomic E-state index is 0.0595. The van der Waals surface area contributed by atoms with E-state index >= 15 is 0 Å². The molecule has 2 fully saturated rings. The van der Waals surface area contributed by atoms with Gasteiger partial charge < -0.3 is 5.11 Å². The summed E-state index contributed by atoms with van der Waals surface area (Å²) >= 11 is 0. The Labute approximate surface area is 137 Å². The van der Waals surface area contributed by atoms with Gasteiger partial charge in [0.25, 0.3) is 0 Å². The van der Waals surface area contributed by atoms with E-state index < -0.39 is 10.8 Å². The van der Waals surface area contributed by atoms with Gasteiger partial charge in [-0.25, -0.2) is 0 Å². The lowest BCUT2D eigenvalue weighted by atomic mass is 9.38. The Bertz CT molecular complexity index is 685. The Balaban J connectivity index is 2.10. The first kappa shape index (κ1) is 15.2. The number of aliphatic hydroxyl groups is 1. The van der Waals surface area contributed by atoms with Crippen molar-refractivity contribution in [3.63, 3.8) is 0 Å². The predicted molar refractivity (Wildman–Crippen MR) is 87.7 cm³/mol. The van der Waals surface area contributed by atoms with Crippen molar-refractivity contribution in [2.45, 2.75) is 53.4 Å². The molecule has 3 unspecified atom stereocenters. The molecule has 2 saturated carbocycles. The van der Waals surface area contributed by atoms with E-state index in [1.165, 1.54) is 5.57 Å². The second-order valence-corrected chi connectivity index (χ2v) is 8.57. The van der Waals surface area contributed by atoms with Crippen LogP contribution in [0, 0.1) is 34.5 Å². The second-order valence-electron chi connectivity index (χ2n) is 8.57. The van der Waals surface area contributed by atoms with Crippen LogP contribution >= 0.6 is 0 Å². The van der Waals surface area contributed by atoms with Crippen molar-refractivity contribution in [3.8, 4) is 0 Å². The minimum Gasteiger partial charge on any atom is -0.504 e. The van der Waals surface area contributed by atoms with Gasteiger partial charge in [0.05, 0.1) is 10.8 Å². The minimum atomic E-state index is -0.717. The molecule has 4 aliphatic rings. The van der Waals surface area contributed by atoms with Crippen molar-refractivity contribution >= 4 is 11.6 Å². The first-order chi connectivity index (χ1) is 10.8. The molecule has 0 heterocycles. The van der Waals surface area contributed by atoms with Crippen LogP contribution in [0.2, 0.25) is 0 Å². The van der Waals surface area contributed by atoms with Gasteiger partial charge in [-0.3, -0.25) is 9.59 Å². The monoisotopic (exact) mass is 314 g/mol. The van der Waals surface area contributed by atoms with Crippen LogP contribution in [0.15, 0.2) is 23.0 Å². The summed E-state index contributed by atoms with van der Waals surface area (Å²) in [6, 6.07) is 0. The largest absolute Gasteiger partial charge is 0.504 e. The molecule has 3 heteroatoms. The zero-order valence-electron chi connectivity index (χ0n) is 14.5. The van der Waals surface area contributed by atoms with Gasteiger partial charge in [-0.05, 0) is 63.2 Å². The fourth-order valence-corrected chi connectivity index (χ4v) is 6.92. The maximum Gasteiger partial charge on any atom is 0.205 e. The smallest absolute Gasteiger partial charge is 0.205 e. The highest BCUT2D eigenvalue weighted by atomic mass is 16.3. The number of hydrogen-bond donors (Lipinski definition) is 1. The first-order valence-electron chi connectivity index (χ1n) is 8.95. The lowest BCUT2D eigenvalue weighted by Crippen LogP contribution is -2.66. The molecule has 0 aromatic rings. The molecule has 4 aliphatic carbocycles. The third-order valence-electron chi connectivity index (χ3n) is 7.71. The standard InChI is InChI=1S/C20H26O3/c1-10-7-14-8-11(2)15-6-5-12(3)19(9-10)18(23)16(21)13(4)17(22)20(14,15)19/h7,11-12,14-15,21H,5-6,8-9H2,1-4H3/t11-,12?,14-,15-,19?,20?/m1/s1. The van der Waals surface area contributed by atoms with Crippen LogP contribution in [0.4, 0.5) is 0 Å². The number of hydrogen-bond acceptors (Lipinski definition) is 3. The zero-order valence-corrected chi connectivity index (χ0v) is 14.5. The summed E-state index contributed by atoms with van der Waals surface area (Å²) in [6.07, 6.45) is 5.90. The fraction of sp³-hybridized carbons (Fsp3) is 0.700. The van der Waals surface area contributed by atoms with Crippen LogP contribution in [0.3, 0.4) is 0 Å². The Kier molecular flexibility index (Phi) is 2.88. The van der Waals surface area contributed by atoms with E-state index in [1.54, 1.807) is 6.92 Å². The van der Waals surface area contributed by atoms with Crippen molar-refractivity contribution in [2.75, 3.05) is 0 Å². The van der Waals surface area contributed by atoms with E-state index in [0.29, 0.717) is 17.9 Å². The molecular weight excluding hydrogens is 288 g/mol. The molecule has 3 nitrogen and oxygen atoms in total. The second kappa shape index (κ2) is 4.37. The van der Waals surface area contributed by atoms with Gasteiger partial charge in [0.1, 0.15) is 0 Å². The van der Waals surface area contributed by atoms with E-state index in [2.05, 4.69) is 26.8 Å². The molecule has 124 valence electrons. The third-order valence-corrected chi connectivity index (χ3v) is 7.71. The quantitative estimate of drug-likeness (QED) is 0.688. The number of carbonyl (C=O) groups is 2. The number of ketones is 2. The van der Waals surface area contributed by atoms with Gasteiger partial charge in [-0.15, -0.1) is 0 Å². The lowest BCUT2D eigenvalue weighted by Gasteiger charge is -2.62. The van der Waals surface area contributed by atoms with Crippen LogP contribution in [0.25, 0.3) is 0 Å². The number of rotatable bonds is 0. The van der Waals surface area contributed by atoms with E-state index in [-0.39, 0.29) is 35.1 Å². The molecular formula is C20H26O3. The van der Waals surface area contributed by atoms with Gasteiger partial charge in [0, 0.05) is 5.57 Å². The van der Waals surface area contributed by atoms with Crippen LogP contribution in [-0.4, -0.2) is 16.7 Å². The summed E-state index contributed by atoms with van der Waals surface area (Å²) in [6.45, 7) is 8.09. The number of Topliss-reactive ketones (excluding diaryl/α,β-unsaturated/α-hetero) is 2. The van der Waals surface area contributed by atoms with Crippen molar-refractivity contribution in [2.24, 2.45) is 34.5 Å². The van der Waals surface area contributed by atoms with Crippen LogP contribution in [0.5, 0.6) is 0 Å². The Morgan fingerprint density at radius 3 is 2.52 bits per heavy atom. The molecule has 1 N–H and O–H groups in total. The molecule has 4 rings (SSSR count). The molecule has 0 bridgehead atoms. The molecule has 0 saturated heterocycles. The van der Waals surface area contributed by atoms with Crippen molar-refractivity contribution in [3.05, 3.63) is 23.0 Å². The summed E-state index contributed by atoms with van der Waals surface area (Å²) in [5, 5.41) is 10.4. The number of aliphatic hydroxyl groups excluding tert-OH is 1. The summed E-state index contributed by atoms with van der Waals surface area (Å²) in [7, 11) is 0. The fourth-order valence-electron chi connectivity index (χ4n) is 6.92. The lowest BCUT2D eigenvalue weighted by molar-refractivity contribution is -0.174. The predicted octanol–water partition coefficient (Wildman–Crippen LogP) is 4.00. The molecule has 0 aliphatic heterocycles. The topological polar surface area (TPSA) is 54.4 Å². The Hall–Kier alpha value is -1.38. The molecule has 6 atom stereocenters. The highest BCUT2D eigenvalue weighted by Gasteiger charge is 2.76. The highest BCUT2D eigenvalue weighted by molar-refractivity contribution is 6.17. The maximum absolute atomic E-state index is 13.5. The van der Waals surface area contributed by atoms with Gasteiger partial charge in [0.2, 0.25) is 5.78 Å². The van der Waals surface area contributed by atoms with Crippen LogP contribution < -0.4 is 0 Å². The summed E-state index contributed by atoms with van der Waals surface area (Å²) < 4.78 is 0. The normalized spacial score (nSPS) is 49.0. The molecule has 0 aromatic heterocycles. The SMILES string of the molecule is CC1=C[C@@H]2C[C@@H](C)[C@H]3CCC(C)C4(C1)C(=O)C(O)=C(C)C(=O)C234. The van der Waals surface area contributed by atoms with E-state index in [4.69, 9.17) is 0 Å². The van der Waals surface area contributed by atoms with E-state index in [0.717, 1.165) is 19.3 Å².